The molecule has 2 atom stereocenters. The number of halogens is 1. The van der Waals surface area contributed by atoms with E-state index in [1.54, 1.807) is 24.3 Å². The molecule has 1 aromatic rings. The first-order valence-corrected chi connectivity index (χ1v) is 6.67. The second-order valence-electron chi connectivity index (χ2n) is 4.14. The van der Waals surface area contributed by atoms with Gasteiger partial charge in [0.2, 0.25) is 0 Å². The highest BCUT2D eigenvalue weighted by Crippen LogP contribution is 2.16. The summed E-state index contributed by atoms with van der Waals surface area (Å²) >= 11 is 3.28. The number of hydrogen-bond acceptors (Lipinski definition) is 8. The second kappa shape index (κ2) is 6.66. The summed E-state index contributed by atoms with van der Waals surface area (Å²) in [5, 5.41) is 34.1. The number of hydrogen-bond donors (Lipinski definition) is 4. The van der Waals surface area contributed by atoms with Crippen molar-refractivity contribution in [1.29, 1.82) is 0 Å². The van der Waals surface area contributed by atoms with E-state index in [0.29, 0.717) is 5.69 Å². The van der Waals surface area contributed by atoms with Crippen molar-refractivity contribution < 1.29 is 25.0 Å². The largest absolute Gasteiger partial charge is 0.448 e. The predicted molar refractivity (Wildman–Crippen MR) is 77.4 cm³/mol. The number of nitrogens with one attached hydrogen (secondary N) is 1. The summed E-state index contributed by atoms with van der Waals surface area (Å²) < 4.78 is 5.70. The number of ether oxygens (including phenoxy) is 1. The van der Waals surface area contributed by atoms with Crippen LogP contribution in [0.3, 0.4) is 0 Å². The zero-order chi connectivity index (χ0) is 15.4. The van der Waals surface area contributed by atoms with Crippen LogP contribution >= 0.6 is 15.9 Å². The highest BCUT2D eigenvalue weighted by atomic mass is 79.9. The third-order valence-corrected chi connectivity index (χ3v) is 3.25. The molecule has 1 heterocycles. The minimum Gasteiger partial charge on any atom is -0.448 e. The SMILES string of the molecule is O=C1OC([C@@H](O)CO)C(=N\O)/C1=N/Nc1ccc(Br)cc1. The average Bonchev–Trinajstić information content (AvgIpc) is 2.82. The second-order valence-corrected chi connectivity index (χ2v) is 5.06. The molecule has 0 saturated carbocycles. The molecule has 8 nitrogen and oxygen atoms in total. The van der Waals surface area contributed by atoms with Crippen molar-refractivity contribution in [1.82, 2.24) is 0 Å². The Kier molecular flexibility index (Phi) is 4.89. The number of oxime groups is 1. The van der Waals surface area contributed by atoms with Gasteiger partial charge in [-0.3, -0.25) is 5.43 Å². The van der Waals surface area contributed by atoms with Gasteiger partial charge in [-0.15, -0.1) is 0 Å². The molecule has 0 radical (unpaired) electrons. The van der Waals surface area contributed by atoms with Crippen LogP contribution in [0.25, 0.3) is 0 Å². The van der Waals surface area contributed by atoms with Gasteiger partial charge in [-0.2, -0.15) is 5.10 Å². The van der Waals surface area contributed by atoms with Crippen LogP contribution in [0, 0.1) is 0 Å². The minimum absolute atomic E-state index is 0.244. The number of aliphatic hydroxyl groups is 2. The number of hydrazone groups is 1. The summed E-state index contributed by atoms with van der Waals surface area (Å²) in [6.07, 6.45) is -2.64. The van der Waals surface area contributed by atoms with Gasteiger partial charge in [-0.1, -0.05) is 21.1 Å². The van der Waals surface area contributed by atoms with E-state index < -0.39 is 24.8 Å². The van der Waals surface area contributed by atoms with Crippen molar-refractivity contribution in [2.24, 2.45) is 10.3 Å². The Morgan fingerprint density at radius 3 is 2.62 bits per heavy atom. The van der Waals surface area contributed by atoms with Crippen LogP contribution in [0.15, 0.2) is 39.0 Å². The first-order chi connectivity index (χ1) is 10.1. The fourth-order valence-corrected chi connectivity index (χ4v) is 1.94. The number of esters is 1. The molecule has 0 amide bonds. The number of rotatable bonds is 4. The molecule has 1 aliphatic heterocycles. The van der Waals surface area contributed by atoms with Crippen molar-refractivity contribution in [2.45, 2.75) is 12.2 Å². The van der Waals surface area contributed by atoms with E-state index in [0.717, 1.165) is 4.47 Å². The number of carbonyl (C=O) groups is 1. The number of carbonyl (C=O) groups excluding carboxylic acids is 1. The maximum atomic E-state index is 11.7. The van der Waals surface area contributed by atoms with Crippen LogP contribution in [0.2, 0.25) is 0 Å². The van der Waals surface area contributed by atoms with Crippen molar-refractivity contribution in [3.8, 4) is 0 Å². The monoisotopic (exact) mass is 357 g/mol. The van der Waals surface area contributed by atoms with Gasteiger partial charge in [-0.05, 0) is 24.3 Å². The lowest BCUT2D eigenvalue weighted by Gasteiger charge is -2.13. The fraction of sp³-hybridized carbons (Fsp3) is 0.250. The van der Waals surface area contributed by atoms with Gasteiger partial charge < -0.3 is 20.2 Å². The van der Waals surface area contributed by atoms with E-state index in [1.807, 2.05) is 0 Å². The average molecular weight is 358 g/mol. The fourth-order valence-electron chi connectivity index (χ4n) is 1.67. The highest BCUT2D eigenvalue weighted by Gasteiger charge is 2.43. The smallest absolute Gasteiger partial charge is 0.361 e. The van der Waals surface area contributed by atoms with Crippen molar-refractivity contribution >= 4 is 39.0 Å². The molecule has 1 unspecified atom stereocenters. The Hall–Kier alpha value is -1.97. The molecule has 112 valence electrons. The van der Waals surface area contributed by atoms with Gasteiger partial charge >= 0.3 is 5.97 Å². The molecule has 0 aliphatic carbocycles. The number of nitrogens with zero attached hydrogens (tertiary/aromatic N) is 2. The van der Waals surface area contributed by atoms with Gasteiger partial charge in [0.15, 0.2) is 17.5 Å². The quantitative estimate of drug-likeness (QED) is 0.349. The molecular weight excluding hydrogens is 346 g/mol. The lowest BCUT2D eigenvalue weighted by atomic mass is 10.1. The van der Waals surface area contributed by atoms with E-state index in [1.165, 1.54) is 0 Å². The Morgan fingerprint density at radius 2 is 2.05 bits per heavy atom. The van der Waals surface area contributed by atoms with Gasteiger partial charge in [0.25, 0.3) is 0 Å². The molecule has 0 aromatic heterocycles. The highest BCUT2D eigenvalue weighted by molar-refractivity contribution is 9.10. The lowest BCUT2D eigenvalue weighted by Crippen LogP contribution is -2.36. The third-order valence-electron chi connectivity index (χ3n) is 2.72. The zero-order valence-corrected chi connectivity index (χ0v) is 12.2. The molecule has 1 aliphatic rings. The first kappa shape index (κ1) is 15.4. The Bertz CT molecular complexity index is 587. The molecule has 4 N–H and O–H groups in total. The van der Waals surface area contributed by atoms with Crippen LogP contribution in [0.1, 0.15) is 0 Å². The van der Waals surface area contributed by atoms with Crippen LogP contribution in [-0.2, 0) is 9.53 Å². The molecule has 2 rings (SSSR count). The minimum atomic E-state index is -1.39. The molecule has 0 bridgehead atoms. The summed E-state index contributed by atoms with van der Waals surface area (Å²) in [5.74, 6) is -0.857. The molecule has 1 aromatic carbocycles. The van der Waals surface area contributed by atoms with Crippen molar-refractivity contribution in [2.75, 3.05) is 12.0 Å². The van der Waals surface area contributed by atoms with Crippen LogP contribution in [0.5, 0.6) is 0 Å². The van der Waals surface area contributed by atoms with E-state index in [-0.39, 0.29) is 11.4 Å². The van der Waals surface area contributed by atoms with Crippen LogP contribution in [-0.4, -0.2) is 51.6 Å². The van der Waals surface area contributed by atoms with E-state index >= 15 is 0 Å². The molecule has 21 heavy (non-hydrogen) atoms. The van der Waals surface area contributed by atoms with E-state index in [4.69, 9.17) is 15.1 Å². The van der Waals surface area contributed by atoms with E-state index in [9.17, 15) is 9.90 Å². The topological polar surface area (TPSA) is 124 Å². The summed E-state index contributed by atoms with van der Waals surface area (Å²) in [7, 11) is 0. The Balaban J connectivity index is 2.19. The van der Waals surface area contributed by atoms with Crippen LogP contribution < -0.4 is 5.43 Å². The predicted octanol–water partition coefficient (Wildman–Crippen LogP) is 0.326. The Morgan fingerprint density at radius 1 is 1.38 bits per heavy atom. The summed E-state index contributed by atoms with van der Waals surface area (Å²) in [4.78, 5) is 11.7. The molecule has 9 heteroatoms. The zero-order valence-electron chi connectivity index (χ0n) is 10.6. The maximum absolute atomic E-state index is 11.7. The van der Waals surface area contributed by atoms with E-state index in [2.05, 4.69) is 31.6 Å². The molecule has 1 saturated heterocycles. The van der Waals surface area contributed by atoms with Gasteiger partial charge in [-0.25, -0.2) is 4.79 Å². The lowest BCUT2D eigenvalue weighted by molar-refractivity contribution is -0.140. The number of cyclic esters (lactones) is 1. The summed E-state index contributed by atoms with van der Waals surface area (Å²) in [6, 6.07) is 6.97. The van der Waals surface area contributed by atoms with Gasteiger partial charge in [0.05, 0.1) is 12.3 Å². The number of aliphatic hydroxyl groups excluding tert-OH is 2. The summed E-state index contributed by atoms with van der Waals surface area (Å²) in [6.45, 7) is -0.648. The van der Waals surface area contributed by atoms with Crippen molar-refractivity contribution in [3.63, 3.8) is 0 Å². The number of benzene rings is 1. The van der Waals surface area contributed by atoms with Gasteiger partial charge in [0, 0.05) is 4.47 Å². The Labute approximate surface area is 127 Å². The standard InChI is InChI=1S/C12H12BrN3O5/c13-6-1-3-7(4-2-6)14-15-10-9(16-20)11(8(18)5-17)21-12(10)19/h1-4,8,11,14,17-18,20H,5H2/b15-10-,16-9-/t8-,11?/m0/s1. The van der Waals surface area contributed by atoms with Gasteiger partial charge in [0.1, 0.15) is 6.10 Å². The normalized spacial score (nSPS) is 23.4. The summed E-state index contributed by atoms with van der Waals surface area (Å²) in [5.41, 5.74) is 2.71. The first-order valence-electron chi connectivity index (χ1n) is 5.88. The maximum Gasteiger partial charge on any atom is 0.361 e. The van der Waals surface area contributed by atoms with Crippen molar-refractivity contribution in [3.05, 3.63) is 28.7 Å². The molecule has 0 spiro atoms. The molecular formula is C12H12BrN3O5. The third kappa shape index (κ3) is 3.38. The number of anilines is 1. The van der Waals surface area contributed by atoms with Crippen LogP contribution in [0.4, 0.5) is 5.69 Å². The molecule has 1 fully saturated rings.